The summed E-state index contributed by atoms with van der Waals surface area (Å²) in [7, 11) is -3.18. The van der Waals surface area contributed by atoms with Crippen molar-refractivity contribution in [1.29, 1.82) is 0 Å². The van der Waals surface area contributed by atoms with Gasteiger partial charge in [0.05, 0.1) is 18.5 Å². The molecule has 104 valence electrons. The van der Waals surface area contributed by atoms with Crippen LogP contribution in [0.5, 0.6) is 0 Å². The van der Waals surface area contributed by atoms with E-state index in [1.807, 2.05) is 13.8 Å². The van der Waals surface area contributed by atoms with Crippen molar-refractivity contribution in [3.05, 3.63) is 0 Å². The lowest BCUT2D eigenvalue weighted by Gasteiger charge is -2.12. The van der Waals surface area contributed by atoms with Crippen molar-refractivity contribution in [2.24, 2.45) is 0 Å². The van der Waals surface area contributed by atoms with Gasteiger partial charge in [-0.1, -0.05) is 0 Å². The topological polar surface area (TPSA) is 67.4 Å². The Hall–Kier alpha value is 0.120. The molecular weight excluding hydrogens is 264 g/mol. The molecule has 0 aromatic rings. The van der Waals surface area contributed by atoms with Gasteiger partial charge in [0, 0.05) is 12.6 Å². The Balaban J connectivity index is 0.00000256. The highest BCUT2D eigenvalue weighted by molar-refractivity contribution is 7.89. The molecular formula is C10H23ClN2O3S. The van der Waals surface area contributed by atoms with E-state index in [0.717, 1.165) is 19.4 Å². The molecule has 0 aromatic heterocycles. The van der Waals surface area contributed by atoms with Crippen LogP contribution >= 0.6 is 12.4 Å². The minimum atomic E-state index is -3.18. The Labute approximate surface area is 110 Å². The summed E-state index contributed by atoms with van der Waals surface area (Å²) in [5.41, 5.74) is 0. The predicted molar refractivity (Wildman–Crippen MR) is 71.2 cm³/mol. The summed E-state index contributed by atoms with van der Waals surface area (Å²) in [6.45, 7) is 5.52. The quantitative estimate of drug-likeness (QED) is 0.715. The second kappa shape index (κ2) is 8.26. The Morgan fingerprint density at radius 3 is 2.71 bits per heavy atom. The molecule has 0 spiro atoms. The van der Waals surface area contributed by atoms with Crippen LogP contribution in [0.2, 0.25) is 0 Å². The first-order valence-corrected chi connectivity index (χ1v) is 7.47. The molecule has 1 aliphatic heterocycles. The van der Waals surface area contributed by atoms with Crippen LogP contribution in [0, 0.1) is 0 Å². The maximum absolute atomic E-state index is 11.5. The van der Waals surface area contributed by atoms with E-state index in [9.17, 15) is 8.42 Å². The lowest BCUT2D eigenvalue weighted by molar-refractivity contribution is 0.0911. The molecule has 1 heterocycles. The summed E-state index contributed by atoms with van der Waals surface area (Å²) in [4.78, 5) is 0. The van der Waals surface area contributed by atoms with Gasteiger partial charge in [-0.2, -0.15) is 0 Å². The van der Waals surface area contributed by atoms with Crippen molar-refractivity contribution in [1.82, 2.24) is 10.0 Å². The van der Waals surface area contributed by atoms with Gasteiger partial charge in [0.15, 0.2) is 0 Å². The van der Waals surface area contributed by atoms with Gasteiger partial charge in [0.1, 0.15) is 0 Å². The first-order valence-electron chi connectivity index (χ1n) is 5.82. The minimum Gasteiger partial charge on any atom is -0.378 e. The molecule has 1 rings (SSSR count). The standard InChI is InChI=1S/C10H22N2O3S.ClH/c1-9(2)15-6-7-16(13,14)12-8-10-4-3-5-11-10;/h9-12H,3-8H2,1-2H3;1H. The molecule has 5 nitrogen and oxygen atoms in total. The highest BCUT2D eigenvalue weighted by atomic mass is 35.5. The van der Waals surface area contributed by atoms with E-state index in [2.05, 4.69) is 10.0 Å². The molecule has 0 saturated carbocycles. The number of rotatable bonds is 7. The van der Waals surface area contributed by atoms with Crippen molar-refractivity contribution < 1.29 is 13.2 Å². The van der Waals surface area contributed by atoms with Gasteiger partial charge in [-0.15, -0.1) is 12.4 Å². The van der Waals surface area contributed by atoms with Crippen molar-refractivity contribution in [3.8, 4) is 0 Å². The number of ether oxygens (including phenoxy) is 1. The predicted octanol–water partition coefficient (Wildman–Crippen LogP) is 0.505. The van der Waals surface area contributed by atoms with Gasteiger partial charge in [-0.3, -0.25) is 0 Å². The van der Waals surface area contributed by atoms with E-state index >= 15 is 0 Å². The minimum absolute atomic E-state index is 0. The van der Waals surface area contributed by atoms with E-state index < -0.39 is 10.0 Å². The first kappa shape index (κ1) is 17.1. The van der Waals surface area contributed by atoms with Gasteiger partial charge in [-0.25, -0.2) is 13.1 Å². The molecule has 0 bridgehead atoms. The number of halogens is 1. The van der Waals surface area contributed by atoms with Crippen LogP contribution in [0.1, 0.15) is 26.7 Å². The lowest BCUT2D eigenvalue weighted by Crippen LogP contribution is -2.38. The van der Waals surface area contributed by atoms with Crippen LogP contribution in [0.25, 0.3) is 0 Å². The monoisotopic (exact) mass is 286 g/mol. The van der Waals surface area contributed by atoms with E-state index in [1.54, 1.807) is 0 Å². The fourth-order valence-electron chi connectivity index (χ4n) is 1.62. The van der Waals surface area contributed by atoms with Crippen LogP contribution in [0.3, 0.4) is 0 Å². The highest BCUT2D eigenvalue weighted by Gasteiger charge is 2.17. The average molecular weight is 287 g/mol. The highest BCUT2D eigenvalue weighted by Crippen LogP contribution is 2.03. The zero-order valence-electron chi connectivity index (χ0n) is 10.4. The molecule has 0 aliphatic carbocycles. The van der Waals surface area contributed by atoms with Gasteiger partial charge in [0.25, 0.3) is 0 Å². The fraction of sp³-hybridized carbons (Fsp3) is 1.00. The number of nitrogens with one attached hydrogen (secondary N) is 2. The molecule has 0 amide bonds. The molecule has 0 radical (unpaired) electrons. The van der Waals surface area contributed by atoms with Crippen LogP contribution in [-0.2, 0) is 14.8 Å². The fourth-order valence-corrected chi connectivity index (χ4v) is 2.54. The molecule has 1 atom stereocenters. The lowest BCUT2D eigenvalue weighted by atomic mass is 10.2. The van der Waals surface area contributed by atoms with Crippen LogP contribution in [0.15, 0.2) is 0 Å². The summed E-state index contributed by atoms with van der Waals surface area (Å²) in [6.07, 6.45) is 2.25. The third-order valence-electron chi connectivity index (χ3n) is 2.52. The summed E-state index contributed by atoms with van der Waals surface area (Å²) >= 11 is 0. The van der Waals surface area contributed by atoms with Crippen LogP contribution < -0.4 is 10.0 Å². The SMILES string of the molecule is CC(C)OCCS(=O)(=O)NCC1CCCN1.Cl. The molecule has 1 aliphatic rings. The van der Waals surface area contributed by atoms with Crippen molar-refractivity contribution in [2.75, 3.05) is 25.4 Å². The van der Waals surface area contributed by atoms with Gasteiger partial charge >= 0.3 is 0 Å². The summed E-state index contributed by atoms with van der Waals surface area (Å²) < 4.78 is 30.9. The molecule has 0 aromatic carbocycles. The third-order valence-corrected chi connectivity index (χ3v) is 3.83. The number of hydrogen-bond donors (Lipinski definition) is 2. The third kappa shape index (κ3) is 7.94. The summed E-state index contributed by atoms with van der Waals surface area (Å²) in [6, 6.07) is 0.292. The first-order chi connectivity index (χ1) is 7.49. The average Bonchev–Trinajstić information content (AvgIpc) is 2.66. The Bertz CT molecular complexity index is 290. The van der Waals surface area contributed by atoms with E-state index in [-0.39, 0.29) is 30.9 Å². The van der Waals surface area contributed by atoms with E-state index in [4.69, 9.17) is 4.74 Å². The zero-order chi connectivity index (χ0) is 12.0. The molecule has 1 fully saturated rings. The van der Waals surface area contributed by atoms with Gasteiger partial charge < -0.3 is 10.1 Å². The Morgan fingerprint density at radius 2 is 2.18 bits per heavy atom. The van der Waals surface area contributed by atoms with Crippen molar-refractivity contribution in [3.63, 3.8) is 0 Å². The molecule has 2 N–H and O–H groups in total. The van der Waals surface area contributed by atoms with Gasteiger partial charge in [-0.05, 0) is 33.2 Å². The molecule has 1 saturated heterocycles. The molecule has 7 heteroatoms. The number of hydrogen-bond acceptors (Lipinski definition) is 4. The second-order valence-electron chi connectivity index (χ2n) is 4.38. The summed E-state index contributed by atoms with van der Waals surface area (Å²) in [5.74, 6) is 0.0396. The number of sulfonamides is 1. The van der Waals surface area contributed by atoms with Crippen molar-refractivity contribution >= 4 is 22.4 Å². The van der Waals surface area contributed by atoms with E-state index in [1.165, 1.54) is 0 Å². The second-order valence-corrected chi connectivity index (χ2v) is 6.31. The smallest absolute Gasteiger partial charge is 0.213 e. The maximum Gasteiger partial charge on any atom is 0.213 e. The zero-order valence-corrected chi connectivity index (χ0v) is 12.1. The largest absolute Gasteiger partial charge is 0.378 e. The maximum atomic E-state index is 11.5. The normalized spacial score (nSPS) is 20.5. The van der Waals surface area contributed by atoms with E-state index in [0.29, 0.717) is 12.6 Å². The molecule has 1 unspecified atom stereocenters. The van der Waals surface area contributed by atoms with Crippen LogP contribution in [0.4, 0.5) is 0 Å². The van der Waals surface area contributed by atoms with Gasteiger partial charge in [0.2, 0.25) is 10.0 Å². The summed E-state index contributed by atoms with van der Waals surface area (Å²) in [5, 5.41) is 3.25. The Kier molecular flexibility index (Phi) is 8.32. The van der Waals surface area contributed by atoms with Crippen LogP contribution in [-0.4, -0.2) is 46.0 Å². The molecule has 17 heavy (non-hydrogen) atoms. The van der Waals surface area contributed by atoms with Crippen molar-refractivity contribution in [2.45, 2.75) is 38.8 Å². The Morgan fingerprint density at radius 1 is 1.47 bits per heavy atom.